The van der Waals surface area contributed by atoms with E-state index < -0.39 is 0 Å². The minimum atomic E-state index is 0.266. The van der Waals surface area contributed by atoms with E-state index in [9.17, 15) is 0 Å². The fourth-order valence-corrected chi connectivity index (χ4v) is 2.60. The second kappa shape index (κ2) is 7.28. The van der Waals surface area contributed by atoms with Crippen LogP contribution >= 0.6 is 12.2 Å². The summed E-state index contributed by atoms with van der Waals surface area (Å²) in [5.41, 5.74) is 2.11. The lowest BCUT2D eigenvalue weighted by Gasteiger charge is -2.26. The van der Waals surface area contributed by atoms with Crippen LogP contribution < -0.4 is 19.7 Å². The first kappa shape index (κ1) is 15.6. The summed E-state index contributed by atoms with van der Waals surface area (Å²) in [5.74, 6) is 1.52. The molecule has 5 nitrogen and oxygen atoms in total. The van der Waals surface area contributed by atoms with Gasteiger partial charge in [0.1, 0.15) is 0 Å². The van der Waals surface area contributed by atoms with Crippen molar-refractivity contribution in [2.24, 2.45) is 0 Å². The predicted octanol–water partition coefficient (Wildman–Crippen LogP) is 3.10. The molecule has 3 rings (SSSR count). The molecule has 0 saturated heterocycles. The molecule has 2 aromatic rings. The average Bonchev–Trinajstić information content (AvgIpc) is 3.06. The van der Waals surface area contributed by atoms with E-state index in [1.807, 2.05) is 30.3 Å². The minimum Gasteiger partial charge on any atom is -0.454 e. The van der Waals surface area contributed by atoms with Crippen LogP contribution in [0.15, 0.2) is 42.7 Å². The molecule has 0 aliphatic carbocycles. The predicted molar refractivity (Wildman–Crippen MR) is 93.9 cm³/mol. The van der Waals surface area contributed by atoms with Gasteiger partial charge in [-0.1, -0.05) is 6.92 Å². The second-order valence-corrected chi connectivity index (χ2v) is 5.60. The Bertz CT molecular complexity index is 679. The zero-order chi connectivity index (χ0) is 16.1. The van der Waals surface area contributed by atoms with Gasteiger partial charge in [0, 0.05) is 30.7 Å². The van der Waals surface area contributed by atoms with Crippen molar-refractivity contribution in [2.45, 2.75) is 19.9 Å². The maximum Gasteiger partial charge on any atom is 0.231 e. The largest absolute Gasteiger partial charge is 0.454 e. The topological polar surface area (TPSA) is 46.6 Å². The molecule has 120 valence electrons. The van der Waals surface area contributed by atoms with E-state index in [0.717, 1.165) is 35.7 Å². The van der Waals surface area contributed by atoms with E-state index in [4.69, 9.17) is 21.7 Å². The van der Waals surface area contributed by atoms with Crippen LogP contribution in [-0.4, -0.2) is 23.4 Å². The number of thiocarbonyl (C=S) groups is 1. The molecule has 6 heteroatoms. The molecule has 0 radical (unpaired) electrons. The van der Waals surface area contributed by atoms with Crippen LogP contribution in [0.25, 0.3) is 0 Å². The lowest BCUT2D eigenvalue weighted by Crippen LogP contribution is -2.39. The van der Waals surface area contributed by atoms with E-state index >= 15 is 0 Å². The van der Waals surface area contributed by atoms with Crippen LogP contribution in [0.4, 0.5) is 5.69 Å². The summed E-state index contributed by atoms with van der Waals surface area (Å²) in [6.45, 7) is 3.89. The van der Waals surface area contributed by atoms with E-state index in [1.165, 1.54) is 0 Å². The molecule has 0 atom stereocenters. The number of nitrogens with one attached hydrogen (secondary N) is 1. The van der Waals surface area contributed by atoms with Crippen molar-refractivity contribution in [2.75, 3.05) is 18.2 Å². The van der Waals surface area contributed by atoms with E-state index in [1.54, 1.807) is 12.4 Å². The second-order valence-electron chi connectivity index (χ2n) is 5.21. The molecule has 0 spiro atoms. The van der Waals surface area contributed by atoms with E-state index in [2.05, 4.69) is 22.1 Å². The van der Waals surface area contributed by atoms with E-state index in [-0.39, 0.29) is 6.79 Å². The molecule has 0 unspecified atom stereocenters. The highest BCUT2D eigenvalue weighted by atomic mass is 32.1. The SMILES string of the molecule is CCCNC(=S)N(Cc1ccncc1)c1ccc2c(c1)OCO2. The molecule has 1 aliphatic heterocycles. The van der Waals surface area contributed by atoms with Gasteiger partial charge in [-0.3, -0.25) is 4.98 Å². The molecule has 1 aliphatic rings. The summed E-state index contributed by atoms with van der Waals surface area (Å²) in [4.78, 5) is 6.12. The Kier molecular flexibility index (Phi) is 4.92. The molecule has 1 aromatic carbocycles. The number of hydrogen-bond donors (Lipinski definition) is 1. The van der Waals surface area contributed by atoms with Crippen LogP contribution in [-0.2, 0) is 6.54 Å². The maximum absolute atomic E-state index is 5.58. The molecular formula is C17H19N3O2S. The number of rotatable bonds is 5. The third-order valence-electron chi connectivity index (χ3n) is 3.53. The molecule has 0 fully saturated rings. The van der Waals surface area contributed by atoms with Gasteiger partial charge in [0.2, 0.25) is 6.79 Å². The van der Waals surface area contributed by atoms with Gasteiger partial charge in [0.25, 0.3) is 0 Å². The van der Waals surface area contributed by atoms with Crippen molar-refractivity contribution in [1.82, 2.24) is 10.3 Å². The molecule has 1 aromatic heterocycles. The first-order valence-electron chi connectivity index (χ1n) is 7.62. The first-order valence-corrected chi connectivity index (χ1v) is 8.02. The molecule has 2 heterocycles. The highest BCUT2D eigenvalue weighted by Gasteiger charge is 2.18. The number of ether oxygens (including phenoxy) is 2. The van der Waals surface area contributed by atoms with Crippen molar-refractivity contribution in [1.29, 1.82) is 0 Å². The molecule has 0 saturated carbocycles. The average molecular weight is 329 g/mol. The standard InChI is InChI=1S/C17H19N3O2S/c1-2-7-19-17(23)20(11-13-5-8-18-9-6-13)14-3-4-15-16(10-14)22-12-21-15/h3-6,8-10H,2,7,11-12H2,1H3,(H,19,23). The zero-order valence-corrected chi connectivity index (χ0v) is 13.8. The van der Waals surface area contributed by atoms with Crippen LogP contribution in [0.2, 0.25) is 0 Å². The summed E-state index contributed by atoms with van der Waals surface area (Å²) in [6.07, 6.45) is 4.59. The lowest BCUT2D eigenvalue weighted by atomic mass is 10.2. The van der Waals surface area contributed by atoms with E-state index in [0.29, 0.717) is 11.7 Å². The van der Waals surface area contributed by atoms with Gasteiger partial charge in [-0.25, -0.2) is 0 Å². The monoisotopic (exact) mass is 329 g/mol. The van der Waals surface area contributed by atoms with Crippen molar-refractivity contribution in [3.8, 4) is 11.5 Å². The minimum absolute atomic E-state index is 0.266. The van der Waals surface area contributed by atoms with Gasteiger partial charge < -0.3 is 19.7 Å². The summed E-state index contributed by atoms with van der Waals surface area (Å²) < 4.78 is 10.9. The number of aromatic nitrogens is 1. The Morgan fingerprint density at radius 1 is 1.22 bits per heavy atom. The maximum atomic E-state index is 5.58. The Morgan fingerprint density at radius 2 is 2.00 bits per heavy atom. The molecule has 0 amide bonds. The fraction of sp³-hybridized carbons (Fsp3) is 0.294. The van der Waals surface area contributed by atoms with Crippen LogP contribution in [0.3, 0.4) is 0 Å². The third kappa shape index (κ3) is 3.71. The summed E-state index contributed by atoms with van der Waals surface area (Å²) in [6, 6.07) is 9.85. The number of fused-ring (bicyclic) bond motifs is 1. The Labute approximate surface area is 141 Å². The number of hydrogen-bond acceptors (Lipinski definition) is 4. The number of nitrogens with zero attached hydrogens (tertiary/aromatic N) is 2. The Hall–Kier alpha value is -2.34. The molecular weight excluding hydrogens is 310 g/mol. The number of pyridine rings is 1. The van der Waals surface area contributed by atoms with Crippen molar-refractivity contribution < 1.29 is 9.47 Å². The zero-order valence-electron chi connectivity index (χ0n) is 13.0. The molecule has 0 bridgehead atoms. The highest BCUT2D eigenvalue weighted by molar-refractivity contribution is 7.80. The van der Waals surface area contributed by atoms with Crippen LogP contribution in [0.5, 0.6) is 11.5 Å². The molecule has 1 N–H and O–H groups in total. The third-order valence-corrected chi connectivity index (χ3v) is 3.89. The van der Waals surface area contributed by atoms with Gasteiger partial charge in [-0.2, -0.15) is 0 Å². The summed E-state index contributed by atoms with van der Waals surface area (Å²) in [5, 5.41) is 3.99. The van der Waals surface area contributed by atoms with Crippen LogP contribution in [0, 0.1) is 0 Å². The molecule has 23 heavy (non-hydrogen) atoms. The summed E-state index contributed by atoms with van der Waals surface area (Å²) in [7, 11) is 0. The number of anilines is 1. The number of benzene rings is 1. The van der Waals surface area contributed by atoms with Gasteiger partial charge in [0.15, 0.2) is 16.6 Å². The van der Waals surface area contributed by atoms with Gasteiger partial charge in [-0.05, 0) is 48.5 Å². The fourth-order valence-electron chi connectivity index (χ4n) is 2.33. The highest BCUT2D eigenvalue weighted by Crippen LogP contribution is 2.35. The first-order chi connectivity index (χ1) is 11.3. The van der Waals surface area contributed by atoms with Gasteiger partial charge >= 0.3 is 0 Å². The quantitative estimate of drug-likeness (QED) is 0.851. The van der Waals surface area contributed by atoms with Crippen molar-refractivity contribution >= 4 is 23.0 Å². The van der Waals surface area contributed by atoms with Crippen molar-refractivity contribution in [3.63, 3.8) is 0 Å². The Balaban J connectivity index is 1.86. The summed E-state index contributed by atoms with van der Waals surface area (Å²) >= 11 is 5.58. The smallest absolute Gasteiger partial charge is 0.231 e. The normalized spacial score (nSPS) is 12.0. The van der Waals surface area contributed by atoms with Gasteiger partial charge in [-0.15, -0.1) is 0 Å². The van der Waals surface area contributed by atoms with Crippen molar-refractivity contribution in [3.05, 3.63) is 48.3 Å². The van der Waals surface area contributed by atoms with Crippen LogP contribution in [0.1, 0.15) is 18.9 Å². The lowest BCUT2D eigenvalue weighted by molar-refractivity contribution is 0.174. The van der Waals surface area contributed by atoms with Gasteiger partial charge in [0.05, 0.1) is 6.54 Å². The Morgan fingerprint density at radius 3 is 2.78 bits per heavy atom.